The Balaban J connectivity index is 2.20. The quantitative estimate of drug-likeness (QED) is 0.672. The first-order valence-corrected chi connectivity index (χ1v) is 7.20. The molecule has 1 atom stereocenters. The highest BCUT2D eigenvalue weighted by Crippen LogP contribution is 2.09. The van der Waals surface area contributed by atoms with E-state index in [-0.39, 0.29) is 6.10 Å². The summed E-state index contributed by atoms with van der Waals surface area (Å²) in [6, 6.07) is 8.53. The summed E-state index contributed by atoms with van der Waals surface area (Å²) in [6.07, 6.45) is 1.82. The van der Waals surface area contributed by atoms with Crippen molar-refractivity contribution in [2.75, 3.05) is 19.7 Å². The molecule has 0 aliphatic carbocycles. The van der Waals surface area contributed by atoms with Crippen LogP contribution in [0.4, 0.5) is 0 Å². The zero-order valence-electron chi connectivity index (χ0n) is 12.4. The summed E-state index contributed by atoms with van der Waals surface area (Å²) in [6.45, 7) is 8.00. The van der Waals surface area contributed by atoms with Crippen LogP contribution in [0.1, 0.15) is 31.9 Å². The summed E-state index contributed by atoms with van der Waals surface area (Å²) >= 11 is 0. The van der Waals surface area contributed by atoms with Gasteiger partial charge in [-0.1, -0.05) is 31.2 Å². The van der Waals surface area contributed by atoms with E-state index < -0.39 is 6.10 Å². The molecule has 2 N–H and O–H groups in total. The monoisotopic (exact) mass is 265 g/mol. The number of aliphatic hydroxyl groups is 1. The van der Waals surface area contributed by atoms with Crippen molar-refractivity contribution in [3.8, 4) is 0 Å². The number of benzene rings is 1. The van der Waals surface area contributed by atoms with Gasteiger partial charge in [0.25, 0.3) is 0 Å². The van der Waals surface area contributed by atoms with Crippen LogP contribution in [0, 0.1) is 0 Å². The molecule has 0 saturated heterocycles. The first-order chi connectivity index (χ1) is 9.13. The van der Waals surface area contributed by atoms with Gasteiger partial charge in [-0.05, 0) is 44.4 Å². The van der Waals surface area contributed by atoms with E-state index in [4.69, 9.17) is 4.74 Å². The summed E-state index contributed by atoms with van der Waals surface area (Å²) in [5.41, 5.74) is 2.80. The van der Waals surface area contributed by atoms with E-state index >= 15 is 0 Å². The van der Waals surface area contributed by atoms with Crippen molar-refractivity contribution in [1.29, 1.82) is 0 Å². The molecule has 1 aromatic carbocycles. The molecule has 108 valence electrons. The molecule has 0 amide bonds. The molecule has 0 bridgehead atoms. The molecule has 1 rings (SSSR count). The van der Waals surface area contributed by atoms with Crippen molar-refractivity contribution >= 4 is 0 Å². The average molecular weight is 265 g/mol. The fourth-order valence-electron chi connectivity index (χ4n) is 2.00. The van der Waals surface area contributed by atoms with Crippen molar-refractivity contribution < 1.29 is 9.84 Å². The first-order valence-electron chi connectivity index (χ1n) is 7.20. The Hall–Kier alpha value is -0.900. The molecule has 0 saturated carbocycles. The van der Waals surface area contributed by atoms with E-state index in [0.717, 1.165) is 19.4 Å². The molecular formula is C16H27NO2. The molecule has 0 fully saturated rings. The number of rotatable bonds is 9. The third kappa shape index (κ3) is 6.71. The van der Waals surface area contributed by atoms with Crippen LogP contribution in [0.5, 0.6) is 0 Å². The minimum Gasteiger partial charge on any atom is -0.389 e. The summed E-state index contributed by atoms with van der Waals surface area (Å²) in [5, 5.41) is 13.0. The maximum absolute atomic E-state index is 9.71. The van der Waals surface area contributed by atoms with Gasteiger partial charge < -0.3 is 15.2 Å². The third-order valence-electron chi connectivity index (χ3n) is 3.07. The predicted molar refractivity (Wildman–Crippen MR) is 79.5 cm³/mol. The molecule has 0 radical (unpaired) electrons. The second kappa shape index (κ2) is 9.08. The zero-order valence-corrected chi connectivity index (χ0v) is 12.4. The second-order valence-corrected chi connectivity index (χ2v) is 5.11. The van der Waals surface area contributed by atoms with Crippen molar-refractivity contribution in [3.05, 3.63) is 35.4 Å². The lowest BCUT2D eigenvalue weighted by molar-refractivity contribution is 0.00652. The van der Waals surface area contributed by atoms with Gasteiger partial charge in [-0.2, -0.15) is 0 Å². The fraction of sp³-hybridized carbons (Fsp3) is 0.625. The van der Waals surface area contributed by atoms with Crippen LogP contribution >= 0.6 is 0 Å². The topological polar surface area (TPSA) is 41.5 Å². The van der Waals surface area contributed by atoms with Crippen LogP contribution in [-0.2, 0) is 17.6 Å². The van der Waals surface area contributed by atoms with E-state index in [2.05, 4.69) is 36.5 Å². The van der Waals surface area contributed by atoms with E-state index in [9.17, 15) is 5.11 Å². The molecule has 1 aromatic rings. The minimum absolute atomic E-state index is 0.172. The Bertz CT molecular complexity index is 352. The smallest absolute Gasteiger partial charge is 0.0897 e. The molecule has 0 aromatic heterocycles. The highest BCUT2D eigenvalue weighted by Gasteiger charge is 2.05. The Morgan fingerprint density at radius 3 is 2.53 bits per heavy atom. The maximum atomic E-state index is 9.71. The van der Waals surface area contributed by atoms with Gasteiger partial charge >= 0.3 is 0 Å². The van der Waals surface area contributed by atoms with Crippen molar-refractivity contribution in [1.82, 2.24) is 5.32 Å². The standard InChI is InChI=1S/C16H27NO2/c1-4-14-7-5-6-8-15(14)9-10-17-11-16(18)12-19-13(2)3/h5-8,13,16-18H,4,9-12H2,1-3H3. The molecule has 0 aliphatic rings. The minimum atomic E-state index is -0.427. The Morgan fingerprint density at radius 2 is 1.89 bits per heavy atom. The zero-order chi connectivity index (χ0) is 14.1. The SMILES string of the molecule is CCc1ccccc1CCNCC(O)COC(C)C. The number of aliphatic hydroxyl groups excluding tert-OH is 1. The van der Waals surface area contributed by atoms with Crippen LogP contribution in [-0.4, -0.2) is 37.0 Å². The van der Waals surface area contributed by atoms with Gasteiger partial charge in [0.15, 0.2) is 0 Å². The van der Waals surface area contributed by atoms with Crippen LogP contribution in [0.25, 0.3) is 0 Å². The van der Waals surface area contributed by atoms with Crippen LogP contribution in [0.2, 0.25) is 0 Å². The van der Waals surface area contributed by atoms with Crippen molar-refractivity contribution in [3.63, 3.8) is 0 Å². The summed E-state index contributed by atoms with van der Waals surface area (Å²) in [4.78, 5) is 0. The number of aryl methyl sites for hydroxylation is 1. The third-order valence-corrected chi connectivity index (χ3v) is 3.07. The van der Waals surface area contributed by atoms with E-state index in [1.54, 1.807) is 0 Å². The van der Waals surface area contributed by atoms with Gasteiger partial charge in [0.05, 0.1) is 18.8 Å². The maximum Gasteiger partial charge on any atom is 0.0897 e. The van der Waals surface area contributed by atoms with Gasteiger partial charge in [-0.25, -0.2) is 0 Å². The van der Waals surface area contributed by atoms with E-state index in [1.807, 2.05) is 13.8 Å². The molecule has 1 unspecified atom stereocenters. The molecule has 3 heteroatoms. The Labute approximate surface area is 117 Å². The van der Waals surface area contributed by atoms with Crippen LogP contribution in [0.3, 0.4) is 0 Å². The number of hydrogen-bond donors (Lipinski definition) is 2. The van der Waals surface area contributed by atoms with Crippen molar-refractivity contribution in [2.45, 2.75) is 45.8 Å². The predicted octanol–water partition coefficient (Wildman–Crippen LogP) is 2.17. The van der Waals surface area contributed by atoms with Crippen molar-refractivity contribution in [2.24, 2.45) is 0 Å². The Morgan fingerprint density at radius 1 is 1.21 bits per heavy atom. The van der Waals surface area contributed by atoms with Gasteiger partial charge in [0.2, 0.25) is 0 Å². The number of ether oxygens (including phenoxy) is 1. The second-order valence-electron chi connectivity index (χ2n) is 5.11. The fourth-order valence-corrected chi connectivity index (χ4v) is 2.00. The lowest BCUT2D eigenvalue weighted by Crippen LogP contribution is -2.32. The van der Waals surface area contributed by atoms with E-state index in [1.165, 1.54) is 11.1 Å². The van der Waals surface area contributed by atoms with Crippen LogP contribution in [0.15, 0.2) is 24.3 Å². The highest BCUT2D eigenvalue weighted by molar-refractivity contribution is 5.27. The van der Waals surface area contributed by atoms with Gasteiger partial charge in [-0.15, -0.1) is 0 Å². The lowest BCUT2D eigenvalue weighted by atomic mass is 10.0. The normalized spacial score (nSPS) is 12.9. The van der Waals surface area contributed by atoms with E-state index in [0.29, 0.717) is 13.2 Å². The summed E-state index contributed by atoms with van der Waals surface area (Å²) in [7, 11) is 0. The number of hydrogen-bond acceptors (Lipinski definition) is 3. The van der Waals surface area contributed by atoms with Gasteiger partial charge in [0, 0.05) is 6.54 Å². The molecule has 0 spiro atoms. The van der Waals surface area contributed by atoms with Crippen LogP contribution < -0.4 is 5.32 Å². The molecule has 0 heterocycles. The Kier molecular flexibility index (Phi) is 7.72. The van der Waals surface area contributed by atoms with Gasteiger partial charge in [-0.3, -0.25) is 0 Å². The summed E-state index contributed by atoms with van der Waals surface area (Å²) in [5.74, 6) is 0. The first kappa shape index (κ1) is 16.2. The molecule has 3 nitrogen and oxygen atoms in total. The number of nitrogens with one attached hydrogen (secondary N) is 1. The molecule has 0 aliphatic heterocycles. The lowest BCUT2D eigenvalue weighted by Gasteiger charge is -2.14. The average Bonchev–Trinajstić information content (AvgIpc) is 2.41. The highest BCUT2D eigenvalue weighted by atomic mass is 16.5. The molecule has 19 heavy (non-hydrogen) atoms. The summed E-state index contributed by atoms with van der Waals surface area (Å²) < 4.78 is 5.37. The molecular weight excluding hydrogens is 238 g/mol. The largest absolute Gasteiger partial charge is 0.389 e. The van der Waals surface area contributed by atoms with Gasteiger partial charge in [0.1, 0.15) is 0 Å².